The molecule has 0 saturated heterocycles. The van der Waals surface area contributed by atoms with Crippen molar-refractivity contribution in [2.45, 2.75) is 51.1 Å². The van der Waals surface area contributed by atoms with Gasteiger partial charge in [-0.25, -0.2) is 0 Å². The molecule has 18 heavy (non-hydrogen) atoms. The molecule has 3 heteroatoms. The van der Waals surface area contributed by atoms with Gasteiger partial charge in [0.1, 0.15) is 0 Å². The van der Waals surface area contributed by atoms with Crippen LogP contribution < -0.4 is 5.32 Å². The molecule has 0 spiro atoms. The fourth-order valence-corrected chi connectivity index (χ4v) is 2.75. The highest BCUT2D eigenvalue weighted by Crippen LogP contribution is 2.20. The Morgan fingerprint density at radius 3 is 2.56 bits per heavy atom. The fourth-order valence-electron chi connectivity index (χ4n) is 2.50. The summed E-state index contributed by atoms with van der Waals surface area (Å²) in [6.07, 6.45) is 7.95. The van der Waals surface area contributed by atoms with Crippen LogP contribution >= 0.6 is 11.6 Å². The van der Waals surface area contributed by atoms with E-state index < -0.39 is 0 Å². The Hall–Kier alpha value is -1.04. The molecule has 0 amide bonds. The molecule has 1 aliphatic carbocycles. The first-order chi connectivity index (χ1) is 8.79. The van der Waals surface area contributed by atoms with Gasteiger partial charge in [-0.15, -0.1) is 0 Å². The van der Waals surface area contributed by atoms with E-state index in [4.69, 9.17) is 16.9 Å². The van der Waals surface area contributed by atoms with Crippen molar-refractivity contribution in [3.63, 3.8) is 0 Å². The van der Waals surface area contributed by atoms with Gasteiger partial charge in [-0.1, -0.05) is 43.4 Å². The molecule has 0 aromatic heterocycles. The average molecular weight is 263 g/mol. The van der Waals surface area contributed by atoms with Crippen molar-refractivity contribution in [3.8, 4) is 6.07 Å². The Morgan fingerprint density at radius 2 is 1.94 bits per heavy atom. The van der Waals surface area contributed by atoms with Crippen LogP contribution in [0.25, 0.3) is 0 Å². The van der Waals surface area contributed by atoms with Gasteiger partial charge in [0.25, 0.3) is 0 Å². The standard InChI is InChI=1S/C15H19ClN2/c16-15-9-12(10-17)7-8-13(15)11-18-14-5-3-1-2-4-6-14/h7-9,14,18H,1-6,11H2. The number of halogens is 1. The smallest absolute Gasteiger partial charge is 0.0992 e. The molecule has 0 atom stereocenters. The normalized spacial score (nSPS) is 17.1. The van der Waals surface area contributed by atoms with Crippen molar-refractivity contribution < 1.29 is 0 Å². The molecule has 1 N–H and O–H groups in total. The van der Waals surface area contributed by atoms with E-state index in [9.17, 15) is 0 Å². The molecule has 1 aromatic carbocycles. The van der Waals surface area contributed by atoms with Crippen LogP contribution in [-0.2, 0) is 6.54 Å². The van der Waals surface area contributed by atoms with Crippen LogP contribution in [-0.4, -0.2) is 6.04 Å². The summed E-state index contributed by atoms with van der Waals surface area (Å²) in [5.74, 6) is 0. The number of rotatable bonds is 3. The second-order valence-corrected chi connectivity index (χ2v) is 5.39. The largest absolute Gasteiger partial charge is 0.310 e. The number of nitrogens with one attached hydrogen (secondary N) is 1. The van der Waals surface area contributed by atoms with Crippen LogP contribution in [0.15, 0.2) is 18.2 Å². The maximum atomic E-state index is 8.79. The highest BCUT2D eigenvalue weighted by molar-refractivity contribution is 6.31. The van der Waals surface area contributed by atoms with Crippen molar-refractivity contribution in [2.75, 3.05) is 0 Å². The van der Waals surface area contributed by atoms with E-state index in [1.165, 1.54) is 38.5 Å². The van der Waals surface area contributed by atoms with Gasteiger partial charge >= 0.3 is 0 Å². The number of nitrogens with zero attached hydrogens (tertiary/aromatic N) is 1. The summed E-state index contributed by atoms with van der Waals surface area (Å²) in [6.45, 7) is 0.801. The third kappa shape index (κ3) is 3.73. The molecule has 0 aliphatic heterocycles. The Balaban J connectivity index is 1.91. The summed E-state index contributed by atoms with van der Waals surface area (Å²) in [4.78, 5) is 0. The van der Waals surface area contributed by atoms with Gasteiger partial charge in [-0.3, -0.25) is 0 Å². The molecule has 1 fully saturated rings. The fraction of sp³-hybridized carbons (Fsp3) is 0.533. The summed E-state index contributed by atoms with van der Waals surface area (Å²) in [5.41, 5.74) is 1.71. The first kappa shape index (κ1) is 13.4. The van der Waals surface area contributed by atoms with Crippen molar-refractivity contribution in [2.24, 2.45) is 0 Å². The topological polar surface area (TPSA) is 35.8 Å². The second kappa shape index (κ2) is 6.78. The molecular formula is C15H19ClN2. The van der Waals surface area contributed by atoms with Crippen LogP contribution in [0, 0.1) is 11.3 Å². The highest BCUT2D eigenvalue weighted by Gasteiger charge is 2.12. The molecule has 1 saturated carbocycles. The molecule has 0 bridgehead atoms. The molecule has 0 radical (unpaired) electrons. The zero-order valence-corrected chi connectivity index (χ0v) is 11.3. The van der Waals surface area contributed by atoms with Gasteiger partial charge in [0, 0.05) is 17.6 Å². The molecule has 0 unspecified atom stereocenters. The van der Waals surface area contributed by atoms with E-state index in [2.05, 4.69) is 11.4 Å². The van der Waals surface area contributed by atoms with Crippen LogP contribution in [0.2, 0.25) is 5.02 Å². The number of hydrogen-bond donors (Lipinski definition) is 1. The summed E-state index contributed by atoms with van der Waals surface area (Å²) < 4.78 is 0. The molecule has 2 nitrogen and oxygen atoms in total. The molecule has 0 heterocycles. The minimum absolute atomic E-state index is 0.623. The Morgan fingerprint density at radius 1 is 1.22 bits per heavy atom. The lowest BCUT2D eigenvalue weighted by molar-refractivity contribution is 0.459. The van der Waals surface area contributed by atoms with E-state index in [-0.39, 0.29) is 0 Å². The summed E-state index contributed by atoms with van der Waals surface area (Å²) in [5, 5.41) is 13.1. The van der Waals surface area contributed by atoms with Crippen LogP contribution in [0.1, 0.15) is 49.7 Å². The monoisotopic (exact) mass is 262 g/mol. The molecule has 2 rings (SSSR count). The molecule has 1 aromatic rings. The van der Waals surface area contributed by atoms with Gasteiger partial charge in [0.15, 0.2) is 0 Å². The quantitative estimate of drug-likeness (QED) is 0.835. The lowest BCUT2D eigenvalue weighted by Crippen LogP contribution is -2.27. The molecule has 1 aliphatic rings. The van der Waals surface area contributed by atoms with E-state index in [0.717, 1.165) is 12.1 Å². The summed E-state index contributed by atoms with van der Waals surface area (Å²) >= 11 is 6.17. The Bertz CT molecular complexity index is 429. The minimum atomic E-state index is 0.623. The third-order valence-electron chi connectivity index (χ3n) is 3.62. The molecular weight excluding hydrogens is 244 g/mol. The Labute approximate surface area is 114 Å². The second-order valence-electron chi connectivity index (χ2n) is 4.99. The van der Waals surface area contributed by atoms with E-state index in [1.807, 2.05) is 12.1 Å². The van der Waals surface area contributed by atoms with Crippen molar-refractivity contribution >= 4 is 11.6 Å². The molecule has 96 valence electrons. The lowest BCUT2D eigenvalue weighted by atomic mass is 10.1. The van der Waals surface area contributed by atoms with E-state index >= 15 is 0 Å². The average Bonchev–Trinajstić information content (AvgIpc) is 2.66. The van der Waals surface area contributed by atoms with Crippen LogP contribution in [0.3, 0.4) is 0 Å². The van der Waals surface area contributed by atoms with Gasteiger partial charge in [-0.2, -0.15) is 5.26 Å². The lowest BCUT2D eigenvalue weighted by Gasteiger charge is -2.16. The van der Waals surface area contributed by atoms with E-state index in [0.29, 0.717) is 16.6 Å². The zero-order valence-electron chi connectivity index (χ0n) is 10.6. The van der Waals surface area contributed by atoms with Crippen molar-refractivity contribution in [1.29, 1.82) is 5.26 Å². The van der Waals surface area contributed by atoms with Crippen molar-refractivity contribution in [1.82, 2.24) is 5.32 Å². The predicted octanol–water partition coefficient (Wildman–Crippen LogP) is 4.02. The van der Waals surface area contributed by atoms with E-state index in [1.54, 1.807) is 6.07 Å². The number of nitriles is 1. The van der Waals surface area contributed by atoms with Crippen molar-refractivity contribution in [3.05, 3.63) is 34.3 Å². The number of benzene rings is 1. The van der Waals surface area contributed by atoms with Crippen LogP contribution in [0.5, 0.6) is 0 Å². The van der Waals surface area contributed by atoms with Gasteiger partial charge in [0.05, 0.1) is 11.6 Å². The maximum Gasteiger partial charge on any atom is 0.0992 e. The Kier molecular flexibility index (Phi) is 5.04. The first-order valence-electron chi connectivity index (χ1n) is 6.71. The van der Waals surface area contributed by atoms with Gasteiger partial charge < -0.3 is 5.32 Å². The van der Waals surface area contributed by atoms with Crippen LogP contribution in [0.4, 0.5) is 0 Å². The third-order valence-corrected chi connectivity index (χ3v) is 3.97. The summed E-state index contributed by atoms with van der Waals surface area (Å²) in [7, 11) is 0. The zero-order chi connectivity index (χ0) is 12.8. The first-order valence-corrected chi connectivity index (χ1v) is 7.09. The summed E-state index contributed by atoms with van der Waals surface area (Å²) in [6, 6.07) is 8.25. The highest BCUT2D eigenvalue weighted by atomic mass is 35.5. The maximum absolute atomic E-state index is 8.79. The van der Waals surface area contributed by atoms with Gasteiger partial charge in [-0.05, 0) is 30.5 Å². The van der Waals surface area contributed by atoms with Gasteiger partial charge in [0.2, 0.25) is 0 Å². The SMILES string of the molecule is N#Cc1ccc(CNC2CCCCCC2)c(Cl)c1. The predicted molar refractivity (Wildman–Crippen MR) is 74.5 cm³/mol. The number of hydrogen-bond acceptors (Lipinski definition) is 2. The minimum Gasteiger partial charge on any atom is -0.310 e.